The van der Waals surface area contributed by atoms with Crippen LogP contribution in [0.15, 0.2) is 53.3 Å². The molecule has 0 unspecified atom stereocenters. The molecule has 5 heteroatoms. The van der Waals surface area contributed by atoms with Gasteiger partial charge in [-0.15, -0.1) is 0 Å². The van der Waals surface area contributed by atoms with E-state index in [4.69, 9.17) is 5.73 Å². The van der Waals surface area contributed by atoms with Gasteiger partial charge in [0.1, 0.15) is 0 Å². The molecule has 1 aliphatic rings. The number of aromatic nitrogens is 2. The van der Waals surface area contributed by atoms with Gasteiger partial charge in [0.2, 0.25) is 0 Å². The Balaban J connectivity index is 1.40. The van der Waals surface area contributed by atoms with Gasteiger partial charge >= 0.3 is 0 Å². The molecule has 4 rings (SSSR count). The lowest BCUT2D eigenvalue weighted by atomic mass is 9.64. The monoisotopic (exact) mass is 348 g/mol. The van der Waals surface area contributed by atoms with Crippen molar-refractivity contribution >= 4 is 22.1 Å². The second-order valence-electron chi connectivity index (χ2n) is 7.69. The zero-order valence-corrected chi connectivity index (χ0v) is 15.0. The molecule has 0 aliphatic heterocycles. The van der Waals surface area contributed by atoms with E-state index < -0.39 is 0 Å². The van der Waals surface area contributed by atoms with Crippen LogP contribution < -0.4 is 16.6 Å². The topological polar surface area (TPSA) is 83.8 Å². The molecule has 0 bridgehead atoms. The molecule has 134 valence electrons. The van der Waals surface area contributed by atoms with Crippen LogP contribution in [-0.2, 0) is 6.42 Å². The summed E-state index contributed by atoms with van der Waals surface area (Å²) in [6.07, 6.45) is 4.15. The summed E-state index contributed by atoms with van der Waals surface area (Å²) < 4.78 is 0. The van der Waals surface area contributed by atoms with Crippen molar-refractivity contribution in [2.75, 3.05) is 11.1 Å². The first kappa shape index (κ1) is 16.6. The van der Waals surface area contributed by atoms with Gasteiger partial charge in [-0.3, -0.25) is 4.79 Å². The molecule has 0 amide bonds. The summed E-state index contributed by atoms with van der Waals surface area (Å²) in [6.45, 7) is 2.33. The summed E-state index contributed by atoms with van der Waals surface area (Å²) in [5, 5.41) is 12.2. The molecule has 3 aromatic rings. The van der Waals surface area contributed by atoms with E-state index in [2.05, 4.69) is 22.4 Å². The zero-order chi connectivity index (χ0) is 18.1. The highest BCUT2D eigenvalue weighted by atomic mass is 16.1. The van der Waals surface area contributed by atoms with Gasteiger partial charge in [0.25, 0.3) is 5.56 Å². The Morgan fingerprint density at radius 1 is 1.15 bits per heavy atom. The predicted octanol–water partition coefficient (Wildman–Crippen LogP) is 3.72. The van der Waals surface area contributed by atoms with Crippen LogP contribution in [0.2, 0.25) is 0 Å². The number of nitrogens with two attached hydrogens (primary N) is 1. The van der Waals surface area contributed by atoms with E-state index >= 15 is 0 Å². The van der Waals surface area contributed by atoms with E-state index in [9.17, 15) is 4.79 Å². The first-order chi connectivity index (χ1) is 12.5. The van der Waals surface area contributed by atoms with Crippen LogP contribution in [0.1, 0.15) is 31.9 Å². The molecule has 1 aromatic heterocycles. The van der Waals surface area contributed by atoms with Crippen LogP contribution in [0.3, 0.4) is 0 Å². The molecule has 0 radical (unpaired) electrons. The van der Waals surface area contributed by atoms with Crippen LogP contribution in [0.4, 0.5) is 11.4 Å². The summed E-state index contributed by atoms with van der Waals surface area (Å²) in [5.74, 6) is 0. The van der Waals surface area contributed by atoms with Crippen molar-refractivity contribution in [3.05, 3.63) is 64.6 Å². The van der Waals surface area contributed by atoms with Gasteiger partial charge < -0.3 is 11.1 Å². The number of aryl methyl sites for hydroxylation is 1. The number of para-hydroxylation sites is 2. The number of rotatable bonds is 5. The molecular formula is C21H24N4O. The minimum Gasteiger partial charge on any atom is -0.397 e. The lowest BCUT2D eigenvalue weighted by Crippen LogP contribution is -2.43. The van der Waals surface area contributed by atoms with Gasteiger partial charge in [-0.1, -0.05) is 37.3 Å². The Morgan fingerprint density at radius 2 is 1.85 bits per heavy atom. The highest BCUT2D eigenvalue weighted by Crippen LogP contribution is 2.46. The van der Waals surface area contributed by atoms with Crippen molar-refractivity contribution < 1.29 is 0 Å². The fourth-order valence-corrected chi connectivity index (χ4v) is 4.07. The van der Waals surface area contributed by atoms with Crippen LogP contribution >= 0.6 is 0 Å². The molecule has 0 saturated heterocycles. The number of nitrogens with one attached hydrogen (secondary N) is 2. The van der Waals surface area contributed by atoms with Crippen LogP contribution in [-0.4, -0.2) is 16.2 Å². The van der Waals surface area contributed by atoms with Crippen LogP contribution in [0.25, 0.3) is 10.8 Å². The van der Waals surface area contributed by atoms with Gasteiger partial charge in [0.15, 0.2) is 0 Å². The molecule has 1 fully saturated rings. The third-order valence-electron chi connectivity index (χ3n) is 5.54. The average molecular weight is 348 g/mol. The summed E-state index contributed by atoms with van der Waals surface area (Å²) in [4.78, 5) is 11.9. The number of fused-ring (bicyclic) bond motifs is 1. The third-order valence-corrected chi connectivity index (χ3v) is 5.54. The fourth-order valence-electron chi connectivity index (χ4n) is 4.07. The molecule has 0 atom stereocenters. The highest BCUT2D eigenvalue weighted by molar-refractivity contribution is 5.83. The Morgan fingerprint density at radius 3 is 2.62 bits per heavy atom. The summed E-state index contributed by atoms with van der Waals surface area (Å²) in [6, 6.07) is 16.1. The number of nitrogen functional groups attached to an aromatic ring is 1. The Kier molecular flexibility index (Phi) is 4.15. The number of H-pyrrole nitrogens is 1. The molecule has 26 heavy (non-hydrogen) atoms. The lowest BCUT2D eigenvalue weighted by molar-refractivity contribution is 0.127. The Labute approximate surface area is 152 Å². The number of hydrogen-bond acceptors (Lipinski definition) is 4. The van der Waals surface area contributed by atoms with E-state index in [1.165, 1.54) is 0 Å². The van der Waals surface area contributed by atoms with Gasteiger partial charge in [-0.25, -0.2) is 5.10 Å². The van der Waals surface area contributed by atoms with Crippen molar-refractivity contribution in [3.63, 3.8) is 0 Å². The highest BCUT2D eigenvalue weighted by Gasteiger charge is 2.40. The number of nitrogens with zero attached hydrogens (tertiary/aromatic N) is 1. The molecule has 4 N–H and O–H groups in total. The molecule has 2 aromatic carbocycles. The molecule has 5 nitrogen and oxygen atoms in total. The van der Waals surface area contributed by atoms with Gasteiger partial charge in [0, 0.05) is 11.4 Å². The molecule has 1 aliphatic carbocycles. The second-order valence-corrected chi connectivity index (χ2v) is 7.69. The quantitative estimate of drug-likeness (QED) is 0.614. The molecule has 1 saturated carbocycles. The minimum absolute atomic E-state index is 0.121. The largest absolute Gasteiger partial charge is 0.397 e. The normalized spacial score (nSPS) is 22.1. The smallest absolute Gasteiger partial charge is 0.272 e. The Bertz CT molecular complexity index is 988. The maximum Gasteiger partial charge on any atom is 0.272 e. The maximum atomic E-state index is 11.9. The van der Waals surface area contributed by atoms with Crippen LogP contribution in [0, 0.1) is 5.41 Å². The van der Waals surface area contributed by atoms with Gasteiger partial charge in [0.05, 0.1) is 22.5 Å². The van der Waals surface area contributed by atoms with Crippen molar-refractivity contribution in [1.29, 1.82) is 0 Å². The van der Waals surface area contributed by atoms with E-state index in [0.29, 0.717) is 11.5 Å². The third kappa shape index (κ3) is 3.17. The molecule has 0 spiro atoms. The number of hydrogen-bond donors (Lipinski definition) is 3. The average Bonchev–Trinajstić information content (AvgIpc) is 2.62. The molecule has 1 heterocycles. The maximum absolute atomic E-state index is 11.9. The fraction of sp³-hybridized carbons (Fsp3) is 0.333. The van der Waals surface area contributed by atoms with Crippen LogP contribution in [0.5, 0.6) is 0 Å². The number of aromatic amines is 1. The first-order valence-corrected chi connectivity index (χ1v) is 9.11. The summed E-state index contributed by atoms with van der Waals surface area (Å²) >= 11 is 0. The zero-order valence-electron chi connectivity index (χ0n) is 15.0. The van der Waals surface area contributed by atoms with Gasteiger partial charge in [-0.05, 0) is 49.3 Å². The van der Waals surface area contributed by atoms with E-state index in [-0.39, 0.29) is 5.56 Å². The minimum atomic E-state index is -0.121. The SMILES string of the molecule is C[C@]1(CCc2n[nH]c(=O)c3ccccc23)C[C@H](Nc2ccccc2N)C1. The van der Waals surface area contributed by atoms with Crippen molar-refractivity contribution in [1.82, 2.24) is 10.2 Å². The van der Waals surface area contributed by atoms with Gasteiger partial charge in [-0.2, -0.15) is 5.10 Å². The summed E-state index contributed by atoms with van der Waals surface area (Å²) in [5.41, 5.74) is 8.98. The van der Waals surface area contributed by atoms with Crippen molar-refractivity contribution in [2.45, 2.75) is 38.6 Å². The van der Waals surface area contributed by atoms with Crippen molar-refractivity contribution in [3.8, 4) is 0 Å². The number of anilines is 2. The van der Waals surface area contributed by atoms with E-state index in [0.717, 1.165) is 53.5 Å². The number of benzene rings is 2. The second kappa shape index (κ2) is 6.48. The summed E-state index contributed by atoms with van der Waals surface area (Å²) in [7, 11) is 0. The molecular weight excluding hydrogens is 324 g/mol. The predicted molar refractivity (Wildman–Crippen MR) is 106 cm³/mol. The standard InChI is InChI=1S/C21H24N4O/c1-21(12-14(13-21)23-19-9-5-4-8-17(19)22)11-10-18-15-6-2-3-7-16(15)20(26)25-24-18/h2-9,14,23H,10-13,22H2,1H3,(H,25,26)/t14-,21-. The van der Waals surface area contributed by atoms with E-state index in [1.54, 1.807) is 0 Å². The Hall–Kier alpha value is -2.82. The first-order valence-electron chi connectivity index (χ1n) is 9.11. The lowest BCUT2D eigenvalue weighted by Gasteiger charge is -2.46. The van der Waals surface area contributed by atoms with E-state index in [1.807, 2.05) is 48.5 Å². The van der Waals surface area contributed by atoms with Crippen molar-refractivity contribution in [2.24, 2.45) is 5.41 Å².